The summed E-state index contributed by atoms with van der Waals surface area (Å²) in [5, 5.41) is 10.5. The van der Waals surface area contributed by atoms with Crippen molar-refractivity contribution in [2.75, 3.05) is 11.5 Å². The first-order chi connectivity index (χ1) is 7.08. The molecule has 0 unspecified atom stereocenters. The standard InChI is InChI=1S/C11H10N2O2/c12-8-2-1-6-5-10(13)9(11(14)15)4-7(6)3-8/h1-5H,12-13H2,(H,14,15). The Morgan fingerprint density at radius 3 is 2.47 bits per heavy atom. The van der Waals surface area contributed by atoms with Gasteiger partial charge in [-0.3, -0.25) is 0 Å². The Morgan fingerprint density at radius 2 is 1.80 bits per heavy atom. The Labute approximate surface area is 86.1 Å². The zero-order valence-corrected chi connectivity index (χ0v) is 7.90. The van der Waals surface area contributed by atoms with Crippen LogP contribution in [0.4, 0.5) is 11.4 Å². The zero-order chi connectivity index (χ0) is 11.0. The summed E-state index contributed by atoms with van der Waals surface area (Å²) in [5.74, 6) is -1.03. The molecule has 0 aliphatic heterocycles. The van der Waals surface area contributed by atoms with Crippen molar-refractivity contribution in [1.82, 2.24) is 0 Å². The number of carbonyl (C=O) groups is 1. The fourth-order valence-electron chi connectivity index (χ4n) is 1.52. The summed E-state index contributed by atoms with van der Waals surface area (Å²) in [4.78, 5) is 10.8. The summed E-state index contributed by atoms with van der Waals surface area (Å²) in [6.45, 7) is 0. The molecule has 4 heteroatoms. The van der Waals surface area contributed by atoms with Gasteiger partial charge in [0.2, 0.25) is 0 Å². The minimum Gasteiger partial charge on any atom is -0.478 e. The van der Waals surface area contributed by atoms with Gasteiger partial charge in [0, 0.05) is 11.4 Å². The molecule has 76 valence electrons. The molecule has 0 fully saturated rings. The van der Waals surface area contributed by atoms with E-state index >= 15 is 0 Å². The summed E-state index contributed by atoms with van der Waals surface area (Å²) < 4.78 is 0. The quantitative estimate of drug-likeness (QED) is 0.614. The molecule has 0 saturated carbocycles. The maximum absolute atomic E-state index is 10.8. The Morgan fingerprint density at radius 1 is 1.07 bits per heavy atom. The summed E-state index contributed by atoms with van der Waals surface area (Å²) in [6.07, 6.45) is 0. The highest BCUT2D eigenvalue weighted by atomic mass is 16.4. The SMILES string of the molecule is Nc1ccc2cc(N)c(C(=O)O)cc2c1. The third-order valence-electron chi connectivity index (χ3n) is 2.26. The summed E-state index contributed by atoms with van der Waals surface area (Å²) in [7, 11) is 0. The van der Waals surface area contributed by atoms with Gasteiger partial charge in [-0.05, 0) is 35.0 Å². The molecule has 0 atom stereocenters. The highest BCUT2D eigenvalue weighted by Gasteiger charge is 2.08. The van der Waals surface area contributed by atoms with Crippen molar-refractivity contribution in [3.63, 3.8) is 0 Å². The van der Waals surface area contributed by atoms with Crippen molar-refractivity contribution < 1.29 is 9.90 Å². The lowest BCUT2D eigenvalue weighted by atomic mass is 10.0. The first kappa shape index (κ1) is 9.33. The maximum Gasteiger partial charge on any atom is 0.337 e. The van der Waals surface area contributed by atoms with Crippen LogP contribution in [-0.2, 0) is 0 Å². The molecule has 0 aliphatic carbocycles. The average Bonchev–Trinajstić information content (AvgIpc) is 2.17. The molecule has 0 aliphatic rings. The molecular weight excluding hydrogens is 192 g/mol. The minimum atomic E-state index is -1.03. The van der Waals surface area contributed by atoms with Crippen LogP contribution in [0.1, 0.15) is 10.4 Å². The third-order valence-corrected chi connectivity index (χ3v) is 2.26. The van der Waals surface area contributed by atoms with Crippen LogP contribution < -0.4 is 11.5 Å². The lowest BCUT2D eigenvalue weighted by Crippen LogP contribution is -2.02. The van der Waals surface area contributed by atoms with Gasteiger partial charge in [0.1, 0.15) is 0 Å². The van der Waals surface area contributed by atoms with Crippen LogP contribution in [0.3, 0.4) is 0 Å². The van der Waals surface area contributed by atoms with Gasteiger partial charge in [-0.25, -0.2) is 4.79 Å². The smallest absolute Gasteiger partial charge is 0.337 e. The van der Waals surface area contributed by atoms with Crippen LogP contribution in [0.2, 0.25) is 0 Å². The number of carboxylic acids is 1. The largest absolute Gasteiger partial charge is 0.478 e. The van der Waals surface area contributed by atoms with Crippen LogP contribution in [0.15, 0.2) is 30.3 Å². The number of aromatic carboxylic acids is 1. The van der Waals surface area contributed by atoms with E-state index in [0.717, 1.165) is 10.8 Å². The number of anilines is 2. The number of nitrogens with two attached hydrogens (primary N) is 2. The van der Waals surface area contributed by atoms with Crippen molar-refractivity contribution in [3.8, 4) is 0 Å². The molecule has 5 N–H and O–H groups in total. The zero-order valence-electron chi connectivity index (χ0n) is 7.90. The van der Waals surface area contributed by atoms with Gasteiger partial charge in [-0.1, -0.05) is 6.07 Å². The van der Waals surface area contributed by atoms with Crippen molar-refractivity contribution in [1.29, 1.82) is 0 Å². The number of nitrogen functional groups attached to an aromatic ring is 2. The summed E-state index contributed by atoms with van der Waals surface area (Å²) in [5.41, 5.74) is 12.2. The number of hydrogen-bond acceptors (Lipinski definition) is 3. The fraction of sp³-hybridized carbons (Fsp3) is 0. The highest BCUT2D eigenvalue weighted by Crippen LogP contribution is 2.23. The molecule has 15 heavy (non-hydrogen) atoms. The van der Waals surface area contributed by atoms with E-state index in [-0.39, 0.29) is 11.3 Å². The second kappa shape index (κ2) is 3.16. The van der Waals surface area contributed by atoms with E-state index in [9.17, 15) is 4.79 Å². The molecule has 2 aromatic carbocycles. The summed E-state index contributed by atoms with van der Waals surface area (Å²) >= 11 is 0. The summed E-state index contributed by atoms with van der Waals surface area (Å²) in [6, 6.07) is 8.46. The molecule has 0 heterocycles. The average molecular weight is 202 g/mol. The predicted molar refractivity (Wildman–Crippen MR) is 59.7 cm³/mol. The van der Waals surface area contributed by atoms with E-state index in [0.29, 0.717) is 5.69 Å². The van der Waals surface area contributed by atoms with Crippen LogP contribution in [0.25, 0.3) is 10.8 Å². The molecule has 0 aromatic heterocycles. The molecule has 0 radical (unpaired) electrons. The topological polar surface area (TPSA) is 89.3 Å². The van der Waals surface area contributed by atoms with Gasteiger partial charge in [0.25, 0.3) is 0 Å². The first-order valence-corrected chi connectivity index (χ1v) is 4.40. The monoisotopic (exact) mass is 202 g/mol. The van der Waals surface area contributed by atoms with E-state index in [2.05, 4.69) is 0 Å². The molecule has 2 aromatic rings. The normalized spacial score (nSPS) is 10.4. The molecular formula is C11H10N2O2. The van der Waals surface area contributed by atoms with E-state index in [1.54, 1.807) is 18.2 Å². The second-order valence-corrected chi connectivity index (χ2v) is 3.35. The van der Waals surface area contributed by atoms with Gasteiger partial charge in [-0.2, -0.15) is 0 Å². The van der Waals surface area contributed by atoms with Crippen molar-refractivity contribution in [3.05, 3.63) is 35.9 Å². The van der Waals surface area contributed by atoms with Crippen molar-refractivity contribution in [2.24, 2.45) is 0 Å². The van der Waals surface area contributed by atoms with Crippen LogP contribution >= 0.6 is 0 Å². The highest BCUT2D eigenvalue weighted by molar-refractivity contribution is 6.00. The van der Waals surface area contributed by atoms with E-state index < -0.39 is 5.97 Å². The van der Waals surface area contributed by atoms with E-state index in [1.807, 2.05) is 6.07 Å². The first-order valence-electron chi connectivity index (χ1n) is 4.40. The number of fused-ring (bicyclic) bond motifs is 1. The van der Waals surface area contributed by atoms with Gasteiger partial charge in [-0.15, -0.1) is 0 Å². The third kappa shape index (κ3) is 1.57. The Balaban J connectivity index is 2.77. The van der Waals surface area contributed by atoms with Crippen LogP contribution in [0, 0.1) is 0 Å². The van der Waals surface area contributed by atoms with Crippen LogP contribution in [0.5, 0.6) is 0 Å². The number of rotatable bonds is 1. The minimum absolute atomic E-state index is 0.105. The lowest BCUT2D eigenvalue weighted by molar-refractivity contribution is 0.0698. The Bertz CT molecular complexity index is 550. The van der Waals surface area contributed by atoms with Crippen molar-refractivity contribution >= 4 is 28.1 Å². The molecule has 0 saturated heterocycles. The van der Waals surface area contributed by atoms with Crippen LogP contribution in [-0.4, -0.2) is 11.1 Å². The molecule has 2 rings (SSSR count). The van der Waals surface area contributed by atoms with Gasteiger partial charge < -0.3 is 16.6 Å². The van der Waals surface area contributed by atoms with E-state index in [4.69, 9.17) is 16.6 Å². The molecule has 0 bridgehead atoms. The predicted octanol–water partition coefficient (Wildman–Crippen LogP) is 1.70. The van der Waals surface area contributed by atoms with Gasteiger partial charge in [0.15, 0.2) is 0 Å². The molecule has 4 nitrogen and oxygen atoms in total. The van der Waals surface area contributed by atoms with E-state index in [1.165, 1.54) is 6.07 Å². The Kier molecular flexibility index (Phi) is 1.97. The van der Waals surface area contributed by atoms with Gasteiger partial charge >= 0.3 is 5.97 Å². The number of hydrogen-bond donors (Lipinski definition) is 3. The number of carboxylic acid groups (broad SMARTS) is 1. The maximum atomic E-state index is 10.8. The molecule has 0 amide bonds. The second-order valence-electron chi connectivity index (χ2n) is 3.35. The van der Waals surface area contributed by atoms with Crippen molar-refractivity contribution in [2.45, 2.75) is 0 Å². The Hall–Kier alpha value is -2.23. The lowest BCUT2D eigenvalue weighted by Gasteiger charge is -2.04. The molecule has 0 spiro atoms. The van der Waals surface area contributed by atoms with Gasteiger partial charge in [0.05, 0.1) is 5.56 Å². The fourth-order valence-corrected chi connectivity index (χ4v) is 1.52. The number of benzene rings is 2.